The minimum atomic E-state index is -0.103. The number of halogens is 1. The number of ether oxygens (including phenoxy) is 1. The van der Waals surface area contributed by atoms with Crippen LogP contribution in [0.2, 0.25) is 5.22 Å². The van der Waals surface area contributed by atoms with Gasteiger partial charge in [0.05, 0.1) is 25.6 Å². The fourth-order valence-corrected chi connectivity index (χ4v) is 2.29. The van der Waals surface area contributed by atoms with Crippen LogP contribution in [0, 0.1) is 0 Å². The molecule has 0 fully saturated rings. The van der Waals surface area contributed by atoms with E-state index < -0.39 is 0 Å². The second kappa shape index (κ2) is 6.12. The van der Waals surface area contributed by atoms with Gasteiger partial charge in [-0.05, 0) is 30.6 Å². The molecule has 104 valence electrons. The molecule has 1 unspecified atom stereocenters. The van der Waals surface area contributed by atoms with Gasteiger partial charge in [0.15, 0.2) is 11.0 Å². The third-order valence-electron chi connectivity index (χ3n) is 3.00. The van der Waals surface area contributed by atoms with Crippen LogP contribution in [0.25, 0.3) is 0 Å². The lowest BCUT2D eigenvalue weighted by Gasteiger charge is -2.19. The number of hydrogen-bond donors (Lipinski definition) is 1. The first-order chi connectivity index (χ1) is 9.19. The highest BCUT2D eigenvalue weighted by Gasteiger charge is 2.25. The second-order valence-electron chi connectivity index (χ2n) is 4.26. The molecule has 0 radical (unpaired) electrons. The van der Waals surface area contributed by atoms with Crippen LogP contribution in [-0.4, -0.2) is 23.4 Å². The van der Waals surface area contributed by atoms with Gasteiger partial charge in [0.1, 0.15) is 5.69 Å². The number of aryl methyl sites for hydroxylation is 1. The second-order valence-corrected chi connectivity index (χ2v) is 4.60. The van der Waals surface area contributed by atoms with Crippen molar-refractivity contribution in [3.63, 3.8) is 0 Å². The van der Waals surface area contributed by atoms with Crippen molar-refractivity contribution in [2.24, 2.45) is 7.05 Å². The third kappa shape index (κ3) is 2.77. The zero-order chi connectivity index (χ0) is 13.8. The third-order valence-corrected chi connectivity index (χ3v) is 3.31. The van der Waals surface area contributed by atoms with Gasteiger partial charge in [0.25, 0.3) is 0 Å². The van der Waals surface area contributed by atoms with Crippen LogP contribution in [0.3, 0.4) is 0 Å². The maximum absolute atomic E-state index is 6.10. The average Bonchev–Trinajstić information content (AvgIpc) is 2.98. The Morgan fingerprint density at radius 2 is 2.37 bits per heavy atom. The van der Waals surface area contributed by atoms with Crippen LogP contribution in [0.1, 0.15) is 30.6 Å². The van der Waals surface area contributed by atoms with Crippen molar-refractivity contribution in [3.8, 4) is 5.75 Å². The number of nitrogens with zero attached hydrogens (tertiary/aromatic N) is 2. The van der Waals surface area contributed by atoms with Crippen LogP contribution in [0.15, 0.2) is 22.9 Å². The summed E-state index contributed by atoms with van der Waals surface area (Å²) in [6, 6.07) is 1.76. The molecular weight excluding hydrogens is 266 g/mol. The van der Waals surface area contributed by atoms with Crippen molar-refractivity contribution < 1.29 is 9.15 Å². The van der Waals surface area contributed by atoms with Gasteiger partial charge < -0.3 is 14.5 Å². The van der Waals surface area contributed by atoms with Crippen LogP contribution < -0.4 is 10.1 Å². The molecule has 0 aliphatic rings. The van der Waals surface area contributed by atoms with Gasteiger partial charge in [-0.2, -0.15) is 5.10 Å². The van der Waals surface area contributed by atoms with Gasteiger partial charge in [-0.1, -0.05) is 6.92 Å². The Hall–Kier alpha value is -1.46. The van der Waals surface area contributed by atoms with Crippen molar-refractivity contribution in [2.75, 3.05) is 13.7 Å². The first kappa shape index (κ1) is 14.0. The smallest absolute Gasteiger partial charge is 0.198 e. The number of aromatic nitrogens is 2. The lowest BCUT2D eigenvalue weighted by atomic mass is 10.1. The summed E-state index contributed by atoms with van der Waals surface area (Å²) in [5, 5.41) is 8.07. The quantitative estimate of drug-likeness (QED) is 0.886. The lowest BCUT2D eigenvalue weighted by molar-refractivity contribution is 0.400. The Labute approximate surface area is 117 Å². The Balaban J connectivity index is 2.42. The molecule has 0 aliphatic carbocycles. The summed E-state index contributed by atoms with van der Waals surface area (Å²) < 4.78 is 12.3. The summed E-state index contributed by atoms with van der Waals surface area (Å²) in [4.78, 5) is 0. The SMILES string of the molecule is CCCNC(c1ccoc1Cl)c1c(OC)cnn1C. The summed E-state index contributed by atoms with van der Waals surface area (Å²) in [5.41, 5.74) is 1.82. The molecule has 19 heavy (non-hydrogen) atoms. The van der Waals surface area contributed by atoms with Crippen molar-refractivity contribution >= 4 is 11.6 Å². The molecule has 2 aromatic rings. The Bertz CT molecular complexity index is 536. The molecule has 0 aromatic carbocycles. The van der Waals surface area contributed by atoms with Crippen LogP contribution in [-0.2, 0) is 7.05 Å². The molecular formula is C13H18ClN3O2. The van der Waals surface area contributed by atoms with Crippen LogP contribution >= 0.6 is 11.6 Å². The molecule has 0 saturated carbocycles. The molecule has 1 atom stereocenters. The fraction of sp³-hybridized carbons (Fsp3) is 0.462. The number of rotatable bonds is 6. The number of furan rings is 1. The normalized spacial score (nSPS) is 12.6. The van der Waals surface area contributed by atoms with Gasteiger partial charge in [-0.25, -0.2) is 0 Å². The van der Waals surface area contributed by atoms with E-state index in [1.807, 2.05) is 13.1 Å². The van der Waals surface area contributed by atoms with Crippen molar-refractivity contribution in [1.82, 2.24) is 15.1 Å². The topological polar surface area (TPSA) is 52.2 Å². The van der Waals surface area contributed by atoms with Crippen LogP contribution in [0.4, 0.5) is 0 Å². The Kier molecular flexibility index (Phi) is 4.50. The summed E-state index contributed by atoms with van der Waals surface area (Å²) >= 11 is 6.10. The van der Waals surface area contributed by atoms with Crippen molar-refractivity contribution in [2.45, 2.75) is 19.4 Å². The predicted octanol–water partition coefficient (Wildman–Crippen LogP) is 2.76. The molecule has 0 bridgehead atoms. The first-order valence-electron chi connectivity index (χ1n) is 6.21. The highest BCUT2D eigenvalue weighted by atomic mass is 35.5. The van der Waals surface area contributed by atoms with E-state index >= 15 is 0 Å². The Morgan fingerprint density at radius 3 is 2.95 bits per heavy atom. The van der Waals surface area contributed by atoms with E-state index in [1.54, 1.807) is 24.3 Å². The van der Waals surface area contributed by atoms with E-state index in [-0.39, 0.29) is 6.04 Å². The highest BCUT2D eigenvalue weighted by Crippen LogP contribution is 2.33. The zero-order valence-electron chi connectivity index (χ0n) is 11.3. The molecule has 0 saturated heterocycles. The molecule has 6 heteroatoms. The van der Waals surface area contributed by atoms with Gasteiger partial charge >= 0.3 is 0 Å². The maximum Gasteiger partial charge on any atom is 0.198 e. The van der Waals surface area contributed by atoms with Crippen molar-refractivity contribution in [3.05, 3.63) is 35.0 Å². The van der Waals surface area contributed by atoms with E-state index in [4.69, 9.17) is 20.8 Å². The van der Waals surface area contributed by atoms with Crippen molar-refractivity contribution in [1.29, 1.82) is 0 Å². The molecule has 2 rings (SSSR count). The highest BCUT2D eigenvalue weighted by molar-refractivity contribution is 6.29. The van der Waals surface area contributed by atoms with E-state index in [0.29, 0.717) is 5.22 Å². The largest absolute Gasteiger partial charge is 0.493 e. The summed E-state index contributed by atoms with van der Waals surface area (Å²) in [6.07, 6.45) is 4.30. The molecule has 2 heterocycles. The minimum Gasteiger partial charge on any atom is -0.493 e. The number of methoxy groups -OCH3 is 1. The number of hydrogen-bond acceptors (Lipinski definition) is 4. The maximum atomic E-state index is 6.10. The van der Waals surface area contributed by atoms with Crippen LogP contribution in [0.5, 0.6) is 5.75 Å². The molecule has 5 nitrogen and oxygen atoms in total. The predicted molar refractivity (Wildman–Crippen MR) is 73.6 cm³/mol. The molecule has 0 spiro atoms. The Morgan fingerprint density at radius 1 is 1.58 bits per heavy atom. The molecule has 0 aliphatic heterocycles. The lowest BCUT2D eigenvalue weighted by Crippen LogP contribution is -2.25. The molecule has 2 aromatic heterocycles. The average molecular weight is 284 g/mol. The first-order valence-corrected chi connectivity index (χ1v) is 6.59. The van der Waals surface area contributed by atoms with Gasteiger partial charge in [0, 0.05) is 12.6 Å². The summed E-state index contributed by atoms with van der Waals surface area (Å²) in [7, 11) is 3.51. The van der Waals surface area contributed by atoms with E-state index in [9.17, 15) is 0 Å². The monoisotopic (exact) mass is 283 g/mol. The summed E-state index contributed by atoms with van der Waals surface area (Å²) in [6.45, 7) is 2.97. The molecule has 1 N–H and O–H groups in total. The number of nitrogens with one attached hydrogen (secondary N) is 1. The summed E-state index contributed by atoms with van der Waals surface area (Å²) in [5.74, 6) is 0.730. The van der Waals surface area contributed by atoms with Gasteiger partial charge in [-0.15, -0.1) is 0 Å². The fourth-order valence-electron chi connectivity index (χ4n) is 2.07. The minimum absolute atomic E-state index is 0.103. The van der Waals surface area contributed by atoms with E-state index in [2.05, 4.69) is 17.3 Å². The van der Waals surface area contributed by atoms with Gasteiger partial charge in [0.2, 0.25) is 0 Å². The standard InChI is InChI=1S/C13H18ClN3O2/c1-4-6-15-11(9-5-7-19-13(9)14)12-10(18-3)8-16-17(12)2/h5,7-8,11,15H,4,6H2,1-3H3. The molecule has 0 amide bonds. The zero-order valence-corrected chi connectivity index (χ0v) is 12.1. The van der Waals surface area contributed by atoms with E-state index in [0.717, 1.165) is 30.0 Å². The van der Waals surface area contributed by atoms with E-state index in [1.165, 1.54) is 0 Å². The van der Waals surface area contributed by atoms with Gasteiger partial charge in [-0.3, -0.25) is 4.68 Å².